The molecule has 0 aliphatic carbocycles. The van der Waals surface area contributed by atoms with E-state index in [1.54, 1.807) is 6.08 Å². The first-order chi connectivity index (χ1) is 13.1. The molecule has 0 saturated heterocycles. The molecule has 1 amide bonds. The maximum Gasteiger partial charge on any atom is 0.246 e. The van der Waals surface area contributed by atoms with E-state index in [0.717, 1.165) is 37.2 Å². The molecule has 0 unspecified atom stereocenters. The van der Waals surface area contributed by atoms with Crippen LogP contribution in [0.3, 0.4) is 0 Å². The normalized spacial score (nSPS) is 13.2. The van der Waals surface area contributed by atoms with Gasteiger partial charge in [-0.05, 0) is 55.4 Å². The van der Waals surface area contributed by atoms with E-state index in [9.17, 15) is 4.79 Å². The summed E-state index contributed by atoms with van der Waals surface area (Å²) in [5, 5.41) is 3.40. The van der Waals surface area contributed by atoms with Crippen LogP contribution >= 0.6 is 12.4 Å². The number of hydrogen-bond acceptors (Lipinski definition) is 3. The van der Waals surface area contributed by atoms with Crippen molar-refractivity contribution >= 4 is 24.4 Å². The predicted octanol–water partition coefficient (Wildman–Crippen LogP) is 3.36. The molecule has 2 aromatic rings. The third kappa shape index (κ3) is 6.20. The van der Waals surface area contributed by atoms with Crippen LogP contribution in [0.25, 0.3) is 6.08 Å². The van der Waals surface area contributed by atoms with Gasteiger partial charge in [-0.3, -0.25) is 4.79 Å². The van der Waals surface area contributed by atoms with Gasteiger partial charge in [0.15, 0.2) is 0 Å². The van der Waals surface area contributed by atoms with E-state index in [1.165, 1.54) is 11.1 Å². The van der Waals surface area contributed by atoms with E-state index in [-0.39, 0.29) is 18.3 Å². The fraction of sp³-hybridized carbons (Fsp3) is 0.348. The summed E-state index contributed by atoms with van der Waals surface area (Å²) in [5.74, 6) is 0.0623. The number of nitrogens with one attached hydrogen (secondary N) is 1. The number of amides is 1. The standard InChI is InChI=1S/C23H29N3O.ClH/c1-25(2)15-16-26(18-19-7-4-3-5-8-19)23(27)12-11-20-9-6-10-21-17-24-14-13-22(20)21;/h3-12,24H,13-18H2,1-2H3;1H/b12-11+;. The van der Waals surface area contributed by atoms with Crippen LogP contribution in [0.2, 0.25) is 0 Å². The van der Waals surface area contributed by atoms with Gasteiger partial charge in [-0.25, -0.2) is 0 Å². The number of nitrogens with zero attached hydrogens (tertiary/aromatic N) is 2. The molecular weight excluding hydrogens is 370 g/mol. The summed E-state index contributed by atoms with van der Waals surface area (Å²) in [7, 11) is 4.07. The molecule has 3 rings (SSSR count). The molecule has 150 valence electrons. The summed E-state index contributed by atoms with van der Waals surface area (Å²) < 4.78 is 0. The quantitative estimate of drug-likeness (QED) is 0.725. The number of benzene rings is 2. The van der Waals surface area contributed by atoms with Gasteiger partial charge in [0.2, 0.25) is 5.91 Å². The Balaban J connectivity index is 0.00000280. The Bertz CT molecular complexity index is 790. The minimum atomic E-state index is 0. The first kappa shape index (κ1) is 22.2. The Morgan fingerprint density at radius 3 is 2.61 bits per heavy atom. The van der Waals surface area contributed by atoms with E-state index in [2.05, 4.69) is 40.5 Å². The van der Waals surface area contributed by atoms with Crippen LogP contribution in [0.4, 0.5) is 0 Å². The summed E-state index contributed by atoms with van der Waals surface area (Å²) in [6.07, 6.45) is 4.73. The van der Waals surface area contributed by atoms with Crippen LogP contribution in [0.1, 0.15) is 22.3 Å². The van der Waals surface area contributed by atoms with Gasteiger partial charge in [0.05, 0.1) is 0 Å². The zero-order valence-electron chi connectivity index (χ0n) is 16.7. The number of rotatable bonds is 7. The zero-order valence-corrected chi connectivity index (χ0v) is 17.5. The number of carbonyl (C=O) groups excluding carboxylic acids is 1. The fourth-order valence-electron chi connectivity index (χ4n) is 3.38. The molecule has 5 heteroatoms. The molecule has 0 bridgehead atoms. The average molecular weight is 400 g/mol. The third-order valence-corrected chi connectivity index (χ3v) is 4.93. The van der Waals surface area contributed by atoms with Gasteiger partial charge in [0, 0.05) is 32.3 Å². The molecule has 28 heavy (non-hydrogen) atoms. The molecule has 2 aromatic carbocycles. The van der Waals surface area contributed by atoms with Crippen molar-refractivity contribution in [2.24, 2.45) is 0 Å². The van der Waals surface area contributed by atoms with Crippen LogP contribution in [0.15, 0.2) is 54.6 Å². The molecule has 1 aliphatic heterocycles. The summed E-state index contributed by atoms with van der Waals surface area (Å²) in [6, 6.07) is 16.5. The number of carbonyl (C=O) groups is 1. The Morgan fingerprint density at radius 1 is 1.07 bits per heavy atom. The molecule has 0 spiro atoms. The molecule has 1 aliphatic rings. The van der Waals surface area contributed by atoms with E-state index in [4.69, 9.17) is 0 Å². The highest BCUT2D eigenvalue weighted by atomic mass is 35.5. The Kier molecular flexibility index (Phi) is 8.71. The molecule has 4 nitrogen and oxygen atoms in total. The van der Waals surface area contributed by atoms with Crippen LogP contribution in [0, 0.1) is 0 Å². The summed E-state index contributed by atoms with van der Waals surface area (Å²) in [6.45, 7) is 4.10. The van der Waals surface area contributed by atoms with Crippen molar-refractivity contribution in [3.8, 4) is 0 Å². The molecule has 0 saturated carbocycles. The highest BCUT2D eigenvalue weighted by molar-refractivity contribution is 5.92. The smallest absolute Gasteiger partial charge is 0.246 e. The minimum absolute atomic E-state index is 0. The third-order valence-electron chi connectivity index (χ3n) is 4.93. The van der Waals surface area contributed by atoms with Crippen molar-refractivity contribution in [2.75, 3.05) is 33.7 Å². The second-order valence-corrected chi connectivity index (χ2v) is 7.29. The van der Waals surface area contributed by atoms with Crippen LogP contribution in [0.5, 0.6) is 0 Å². The second kappa shape index (κ2) is 11.0. The minimum Gasteiger partial charge on any atom is -0.334 e. The van der Waals surface area contributed by atoms with Gasteiger partial charge in [0.25, 0.3) is 0 Å². The highest BCUT2D eigenvalue weighted by Gasteiger charge is 2.14. The number of halogens is 1. The maximum absolute atomic E-state index is 12.9. The largest absolute Gasteiger partial charge is 0.334 e. The lowest BCUT2D eigenvalue weighted by molar-refractivity contribution is -0.126. The van der Waals surface area contributed by atoms with E-state index in [0.29, 0.717) is 13.1 Å². The van der Waals surface area contributed by atoms with Crippen molar-refractivity contribution < 1.29 is 4.79 Å². The van der Waals surface area contributed by atoms with Gasteiger partial charge in [-0.15, -0.1) is 12.4 Å². The first-order valence-electron chi connectivity index (χ1n) is 9.60. The monoisotopic (exact) mass is 399 g/mol. The lowest BCUT2D eigenvalue weighted by Gasteiger charge is -2.23. The van der Waals surface area contributed by atoms with Crippen LogP contribution < -0.4 is 5.32 Å². The van der Waals surface area contributed by atoms with Gasteiger partial charge >= 0.3 is 0 Å². The summed E-state index contributed by atoms with van der Waals surface area (Å²) in [5.41, 5.74) is 5.02. The molecule has 0 fully saturated rings. The van der Waals surface area contributed by atoms with Crippen molar-refractivity contribution in [2.45, 2.75) is 19.5 Å². The Morgan fingerprint density at radius 2 is 1.86 bits per heavy atom. The van der Waals surface area contributed by atoms with E-state index in [1.807, 2.05) is 43.3 Å². The van der Waals surface area contributed by atoms with Crippen molar-refractivity contribution in [3.05, 3.63) is 76.9 Å². The first-order valence-corrected chi connectivity index (χ1v) is 9.60. The highest BCUT2D eigenvalue weighted by Crippen LogP contribution is 2.20. The number of hydrogen-bond donors (Lipinski definition) is 1. The number of likely N-dealkylation sites (N-methyl/N-ethyl adjacent to an activating group) is 1. The number of fused-ring (bicyclic) bond motifs is 1. The molecule has 1 heterocycles. The van der Waals surface area contributed by atoms with Crippen molar-refractivity contribution in [1.82, 2.24) is 15.1 Å². The SMILES string of the molecule is CN(C)CCN(Cc1ccccc1)C(=O)/C=C/c1cccc2c1CCNC2.Cl. The van der Waals surface area contributed by atoms with Gasteiger partial charge in [0.1, 0.15) is 0 Å². The van der Waals surface area contributed by atoms with Gasteiger partial charge in [-0.2, -0.15) is 0 Å². The molecule has 0 radical (unpaired) electrons. The molecular formula is C23H30ClN3O. The molecule has 0 atom stereocenters. The van der Waals surface area contributed by atoms with Crippen LogP contribution in [-0.4, -0.2) is 49.4 Å². The van der Waals surface area contributed by atoms with Gasteiger partial charge in [-0.1, -0.05) is 48.5 Å². The van der Waals surface area contributed by atoms with Crippen molar-refractivity contribution in [3.63, 3.8) is 0 Å². The van der Waals surface area contributed by atoms with E-state index < -0.39 is 0 Å². The second-order valence-electron chi connectivity index (χ2n) is 7.29. The topological polar surface area (TPSA) is 35.6 Å². The maximum atomic E-state index is 12.9. The Hall–Kier alpha value is -2.14. The van der Waals surface area contributed by atoms with E-state index >= 15 is 0 Å². The van der Waals surface area contributed by atoms with Gasteiger partial charge < -0.3 is 15.1 Å². The lowest BCUT2D eigenvalue weighted by Crippen LogP contribution is -2.35. The van der Waals surface area contributed by atoms with Crippen molar-refractivity contribution in [1.29, 1.82) is 0 Å². The fourth-order valence-corrected chi connectivity index (χ4v) is 3.38. The summed E-state index contributed by atoms with van der Waals surface area (Å²) >= 11 is 0. The predicted molar refractivity (Wildman–Crippen MR) is 119 cm³/mol. The molecule has 0 aromatic heterocycles. The lowest BCUT2D eigenvalue weighted by atomic mass is 9.95. The zero-order chi connectivity index (χ0) is 19.1. The molecule has 1 N–H and O–H groups in total. The summed E-state index contributed by atoms with van der Waals surface area (Å²) in [4.78, 5) is 16.9. The average Bonchev–Trinajstić information content (AvgIpc) is 2.70. The Labute approximate surface area is 174 Å². The van der Waals surface area contributed by atoms with Crippen LogP contribution in [-0.2, 0) is 24.3 Å².